The van der Waals surface area contributed by atoms with Crippen molar-refractivity contribution in [1.82, 2.24) is 14.8 Å². The van der Waals surface area contributed by atoms with Gasteiger partial charge in [0.15, 0.2) is 5.13 Å². The fourth-order valence-corrected chi connectivity index (χ4v) is 4.16. The van der Waals surface area contributed by atoms with Crippen LogP contribution in [0, 0.1) is 6.92 Å². The number of carbonyl (C=O) groups is 1. The van der Waals surface area contributed by atoms with Gasteiger partial charge in [0.05, 0.1) is 23.0 Å². The van der Waals surface area contributed by atoms with Crippen molar-refractivity contribution in [3.8, 4) is 17.0 Å². The number of rotatable bonds is 7. The van der Waals surface area contributed by atoms with Crippen LogP contribution in [0.2, 0.25) is 0 Å². The number of aromatic nitrogens is 3. The average Bonchev–Trinajstić information content (AvgIpc) is 3.15. The molecule has 4 aromatic rings. The Bertz CT molecular complexity index is 1430. The molecule has 2 N–H and O–H groups in total. The van der Waals surface area contributed by atoms with Crippen molar-refractivity contribution in [3.63, 3.8) is 0 Å². The molecule has 0 aliphatic heterocycles. The molecule has 0 saturated carbocycles. The van der Waals surface area contributed by atoms with Crippen LogP contribution >= 0.6 is 11.3 Å². The number of aromatic amines is 1. The third kappa shape index (κ3) is 4.98. The van der Waals surface area contributed by atoms with Gasteiger partial charge in [-0.2, -0.15) is 8.78 Å². The maximum Gasteiger partial charge on any atom is 0.387 e. The third-order valence-corrected chi connectivity index (χ3v) is 5.73. The Kier molecular flexibility index (Phi) is 6.31. The van der Waals surface area contributed by atoms with E-state index in [2.05, 4.69) is 20.1 Å². The Morgan fingerprint density at radius 1 is 1.15 bits per heavy atom. The maximum absolute atomic E-state index is 12.5. The van der Waals surface area contributed by atoms with E-state index in [0.29, 0.717) is 21.8 Å². The van der Waals surface area contributed by atoms with Gasteiger partial charge >= 0.3 is 6.61 Å². The van der Waals surface area contributed by atoms with Gasteiger partial charge in [0.2, 0.25) is 5.91 Å². The van der Waals surface area contributed by atoms with Crippen LogP contribution in [0.4, 0.5) is 13.9 Å². The highest BCUT2D eigenvalue weighted by Crippen LogP contribution is 2.31. The van der Waals surface area contributed by atoms with Crippen molar-refractivity contribution >= 4 is 33.1 Å². The lowest BCUT2D eigenvalue weighted by Gasteiger charge is -2.07. The number of fused-ring (bicyclic) bond motifs is 1. The van der Waals surface area contributed by atoms with E-state index in [1.165, 1.54) is 23.5 Å². The van der Waals surface area contributed by atoms with Gasteiger partial charge in [-0.3, -0.25) is 19.5 Å². The van der Waals surface area contributed by atoms with Gasteiger partial charge < -0.3 is 10.1 Å². The Hall–Kier alpha value is -3.86. The Labute approximate surface area is 189 Å². The number of nitrogens with zero attached hydrogens (tertiary/aromatic N) is 2. The molecule has 0 radical (unpaired) electrons. The number of halogens is 2. The number of amides is 1. The molecule has 8 nitrogen and oxygen atoms in total. The molecule has 0 fully saturated rings. The van der Waals surface area contributed by atoms with E-state index in [1.54, 1.807) is 36.4 Å². The van der Waals surface area contributed by atoms with Crippen molar-refractivity contribution < 1.29 is 18.3 Å². The molecular formula is C22H18F2N4O4S. The van der Waals surface area contributed by atoms with Gasteiger partial charge in [-0.25, -0.2) is 9.67 Å². The highest BCUT2D eigenvalue weighted by Gasteiger charge is 2.14. The minimum absolute atomic E-state index is 0.00639. The smallest absolute Gasteiger partial charge is 0.387 e. The summed E-state index contributed by atoms with van der Waals surface area (Å²) in [6.07, 6.45) is -0.0538. The van der Waals surface area contributed by atoms with E-state index >= 15 is 0 Å². The number of alkyl halides is 2. The van der Waals surface area contributed by atoms with Gasteiger partial charge in [-0.05, 0) is 43.3 Å². The summed E-state index contributed by atoms with van der Waals surface area (Å²) in [5.41, 5.74) is 0.501. The van der Waals surface area contributed by atoms with Crippen LogP contribution < -0.4 is 21.2 Å². The molecule has 0 aliphatic rings. The summed E-state index contributed by atoms with van der Waals surface area (Å²) in [7, 11) is 0. The quantitative estimate of drug-likeness (QED) is 0.426. The number of thiazole rings is 1. The number of carbonyl (C=O) groups excluding carboxylic acids is 1. The van der Waals surface area contributed by atoms with Gasteiger partial charge in [0, 0.05) is 16.9 Å². The largest absolute Gasteiger partial charge is 0.435 e. The number of anilines is 1. The summed E-state index contributed by atoms with van der Waals surface area (Å²) in [5, 5.41) is 6.12. The zero-order chi connectivity index (χ0) is 23.5. The molecule has 11 heteroatoms. The van der Waals surface area contributed by atoms with Crippen LogP contribution in [-0.2, 0) is 11.3 Å². The first-order valence-corrected chi connectivity index (χ1v) is 10.7. The Morgan fingerprint density at radius 3 is 2.55 bits per heavy atom. The summed E-state index contributed by atoms with van der Waals surface area (Å²) in [5.74, 6) is -0.339. The van der Waals surface area contributed by atoms with Crippen molar-refractivity contribution in [3.05, 3.63) is 74.1 Å². The second-order valence-corrected chi connectivity index (χ2v) is 8.27. The second kappa shape index (κ2) is 9.33. The Morgan fingerprint density at radius 2 is 1.85 bits per heavy atom. The van der Waals surface area contributed by atoms with E-state index in [1.807, 2.05) is 6.92 Å². The summed E-state index contributed by atoms with van der Waals surface area (Å²) in [4.78, 5) is 42.3. The van der Waals surface area contributed by atoms with Crippen LogP contribution in [0.1, 0.15) is 11.3 Å². The number of aryl methyl sites for hydroxylation is 2. The van der Waals surface area contributed by atoms with E-state index in [9.17, 15) is 23.2 Å². The Balaban J connectivity index is 1.44. The molecule has 0 bridgehead atoms. The topological polar surface area (TPSA) is 106 Å². The number of benzene rings is 2. The van der Waals surface area contributed by atoms with Gasteiger partial charge in [-0.15, -0.1) is 11.3 Å². The van der Waals surface area contributed by atoms with Crippen LogP contribution in [0.3, 0.4) is 0 Å². The predicted octanol–water partition coefficient (Wildman–Crippen LogP) is 3.75. The molecule has 2 heterocycles. The first kappa shape index (κ1) is 22.3. The molecule has 0 saturated heterocycles. The zero-order valence-corrected chi connectivity index (χ0v) is 18.1. The van der Waals surface area contributed by atoms with Crippen molar-refractivity contribution in [1.29, 1.82) is 0 Å². The highest BCUT2D eigenvalue weighted by atomic mass is 32.1. The zero-order valence-electron chi connectivity index (χ0n) is 17.3. The molecule has 2 aromatic heterocycles. The number of ether oxygens (including phenoxy) is 1. The molecule has 33 heavy (non-hydrogen) atoms. The lowest BCUT2D eigenvalue weighted by molar-refractivity contribution is -0.116. The maximum atomic E-state index is 12.5. The van der Waals surface area contributed by atoms with Crippen LogP contribution in [0.5, 0.6) is 5.75 Å². The SMILES string of the molecule is Cc1sc(NC(=O)CCn2[nH]c(=O)c3ccccc3c2=O)nc1-c1ccc(OC(F)F)cc1. The van der Waals surface area contributed by atoms with Crippen molar-refractivity contribution in [2.75, 3.05) is 5.32 Å². The molecule has 2 aromatic carbocycles. The van der Waals surface area contributed by atoms with Crippen molar-refractivity contribution in [2.24, 2.45) is 0 Å². The van der Waals surface area contributed by atoms with Crippen LogP contribution in [-0.4, -0.2) is 27.3 Å². The van der Waals surface area contributed by atoms with Gasteiger partial charge in [0.25, 0.3) is 11.1 Å². The molecule has 170 valence electrons. The molecular weight excluding hydrogens is 454 g/mol. The molecule has 1 amide bonds. The summed E-state index contributed by atoms with van der Waals surface area (Å²) in [6, 6.07) is 12.5. The predicted molar refractivity (Wildman–Crippen MR) is 121 cm³/mol. The fourth-order valence-electron chi connectivity index (χ4n) is 3.31. The minimum atomic E-state index is -2.90. The highest BCUT2D eigenvalue weighted by molar-refractivity contribution is 7.16. The molecule has 0 atom stereocenters. The summed E-state index contributed by atoms with van der Waals surface area (Å²) in [6.45, 7) is -1.08. The van der Waals surface area contributed by atoms with Crippen LogP contribution in [0.25, 0.3) is 22.0 Å². The fraction of sp³-hybridized carbons (Fsp3) is 0.182. The van der Waals surface area contributed by atoms with Crippen molar-refractivity contribution in [2.45, 2.75) is 26.5 Å². The monoisotopic (exact) mass is 472 g/mol. The lowest BCUT2D eigenvalue weighted by Crippen LogP contribution is -2.31. The van der Waals surface area contributed by atoms with E-state index in [4.69, 9.17) is 0 Å². The number of H-pyrrole nitrogens is 1. The van der Waals surface area contributed by atoms with E-state index in [-0.39, 0.29) is 35.6 Å². The average molecular weight is 472 g/mol. The standard InChI is InChI=1S/C22H18F2N4O4S/c1-12-18(13-6-8-14(9-7-13)32-21(23)24)26-22(33-12)25-17(29)10-11-28-20(31)16-5-3-2-4-15(16)19(30)27-28/h2-9,21H,10-11H2,1H3,(H,27,30)(H,25,26,29). The minimum Gasteiger partial charge on any atom is -0.435 e. The first-order chi connectivity index (χ1) is 15.8. The summed E-state index contributed by atoms with van der Waals surface area (Å²) >= 11 is 1.26. The van der Waals surface area contributed by atoms with Gasteiger partial charge in [0.1, 0.15) is 5.75 Å². The van der Waals surface area contributed by atoms with Crippen LogP contribution in [0.15, 0.2) is 58.1 Å². The molecule has 0 aliphatic carbocycles. The number of hydrogen-bond acceptors (Lipinski definition) is 6. The third-order valence-electron chi connectivity index (χ3n) is 4.84. The molecule has 4 rings (SSSR count). The summed E-state index contributed by atoms with van der Waals surface area (Å²) < 4.78 is 30.1. The first-order valence-electron chi connectivity index (χ1n) is 9.86. The molecule has 0 unspecified atom stereocenters. The lowest BCUT2D eigenvalue weighted by atomic mass is 10.1. The van der Waals surface area contributed by atoms with E-state index < -0.39 is 12.2 Å². The second-order valence-electron chi connectivity index (χ2n) is 7.07. The number of hydrogen-bond donors (Lipinski definition) is 2. The molecule has 0 spiro atoms. The normalized spacial score (nSPS) is 11.2. The van der Waals surface area contributed by atoms with Gasteiger partial charge in [-0.1, -0.05) is 12.1 Å². The number of nitrogens with one attached hydrogen (secondary N) is 2. The van der Waals surface area contributed by atoms with E-state index in [0.717, 1.165) is 9.56 Å².